The highest BCUT2D eigenvalue weighted by atomic mass is 19.1. The fourth-order valence-corrected chi connectivity index (χ4v) is 2.20. The monoisotopic (exact) mass is 305 g/mol. The zero-order chi connectivity index (χ0) is 16.7. The molecule has 0 aliphatic carbocycles. The van der Waals surface area contributed by atoms with Crippen molar-refractivity contribution >= 4 is 5.82 Å². The lowest BCUT2D eigenvalue weighted by Crippen LogP contribution is -2.07. The smallest absolute Gasteiger partial charge is 0.149 e. The normalized spacial score (nSPS) is 10.2. The van der Waals surface area contributed by atoms with Gasteiger partial charge in [-0.15, -0.1) is 5.10 Å². The van der Waals surface area contributed by atoms with E-state index in [2.05, 4.69) is 29.4 Å². The standard InChI is InChI=1S/C16H20FN3.C2H6.H2/c1-10(2)16-12(4)8-15(19-20-16)18-9-13-5-6-14(17)7-11(13)3;1-2;/h5-8,10H,9H2,1-4H3,(H,18,19);1-2H3;1H. The maximum absolute atomic E-state index is 13.0. The molecule has 0 saturated carbocycles. The minimum Gasteiger partial charge on any atom is -0.364 e. The van der Waals surface area contributed by atoms with E-state index in [1.165, 1.54) is 12.1 Å². The van der Waals surface area contributed by atoms with Gasteiger partial charge in [-0.25, -0.2) is 4.39 Å². The second-order valence-electron chi connectivity index (χ2n) is 5.38. The van der Waals surface area contributed by atoms with Crippen molar-refractivity contribution in [2.45, 2.75) is 54.0 Å². The summed E-state index contributed by atoms with van der Waals surface area (Å²) in [6.45, 7) is 12.8. The molecule has 1 aromatic carbocycles. The highest BCUT2D eigenvalue weighted by molar-refractivity contribution is 5.40. The molecule has 0 unspecified atom stereocenters. The molecule has 0 aliphatic rings. The fourth-order valence-electron chi connectivity index (χ4n) is 2.20. The SMILES string of the molecule is CC.Cc1cc(F)ccc1CNc1cc(C)c(C(C)C)nn1.[HH]. The second kappa shape index (κ2) is 8.47. The van der Waals surface area contributed by atoms with Crippen molar-refractivity contribution in [1.29, 1.82) is 0 Å². The summed E-state index contributed by atoms with van der Waals surface area (Å²) < 4.78 is 13.0. The average molecular weight is 305 g/mol. The molecule has 0 aliphatic heterocycles. The van der Waals surface area contributed by atoms with E-state index >= 15 is 0 Å². The van der Waals surface area contributed by atoms with Crippen molar-refractivity contribution in [3.8, 4) is 0 Å². The molecule has 1 heterocycles. The van der Waals surface area contributed by atoms with Gasteiger partial charge in [0.2, 0.25) is 0 Å². The molecule has 3 nitrogen and oxygen atoms in total. The summed E-state index contributed by atoms with van der Waals surface area (Å²) in [7, 11) is 0. The van der Waals surface area contributed by atoms with Crippen LogP contribution in [0.1, 0.15) is 57.4 Å². The van der Waals surface area contributed by atoms with Crippen LogP contribution in [0, 0.1) is 19.7 Å². The van der Waals surface area contributed by atoms with Gasteiger partial charge in [-0.2, -0.15) is 5.10 Å². The van der Waals surface area contributed by atoms with Crippen LogP contribution in [0.25, 0.3) is 0 Å². The van der Waals surface area contributed by atoms with Gasteiger partial charge in [0.1, 0.15) is 11.6 Å². The topological polar surface area (TPSA) is 37.8 Å². The Balaban J connectivity index is 0.00000155. The lowest BCUT2D eigenvalue weighted by molar-refractivity contribution is 0.625. The molecule has 0 radical (unpaired) electrons. The average Bonchev–Trinajstić information content (AvgIpc) is 2.48. The third kappa shape index (κ3) is 4.79. The van der Waals surface area contributed by atoms with Gasteiger partial charge in [-0.1, -0.05) is 33.8 Å². The second-order valence-corrected chi connectivity index (χ2v) is 5.38. The Morgan fingerprint density at radius 2 is 1.77 bits per heavy atom. The van der Waals surface area contributed by atoms with Crippen molar-refractivity contribution in [3.63, 3.8) is 0 Å². The Morgan fingerprint density at radius 3 is 2.32 bits per heavy atom. The van der Waals surface area contributed by atoms with Crippen molar-refractivity contribution in [1.82, 2.24) is 10.2 Å². The maximum Gasteiger partial charge on any atom is 0.149 e. The number of anilines is 1. The van der Waals surface area contributed by atoms with Gasteiger partial charge in [-0.3, -0.25) is 0 Å². The molecule has 0 amide bonds. The van der Waals surface area contributed by atoms with Gasteiger partial charge >= 0.3 is 0 Å². The molecule has 22 heavy (non-hydrogen) atoms. The Morgan fingerprint density at radius 1 is 1.09 bits per heavy atom. The van der Waals surface area contributed by atoms with Crippen LogP contribution < -0.4 is 5.32 Å². The predicted octanol–water partition coefficient (Wildman–Crippen LogP) is 5.24. The molecular weight excluding hydrogens is 277 g/mol. The lowest BCUT2D eigenvalue weighted by atomic mass is 10.1. The largest absolute Gasteiger partial charge is 0.364 e. The predicted molar refractivity (Wildman–Crippen MR) is 92.8 cm³/mol. The van der Waals surface area contributed by atoms with Gasteiger partial charge < -0.3 is 5.32 Å². The van der Waals surface area contributed by atoms with Gasteiger partial charge in [0.25, 0.3) is 0 Å². The van der Waals surface area contributed by atoms with Crippen molar-refractivity contribution in [3.05, 3.63) is 52.5 Å². The van der Waals surface area contributed by atoms with Crippen LogP contribution in [0.3, 0.4) is 0 Å². The van der Waals surface area contributed by atoms with Gasteiger partial charge in [0.15, 0.2) is 0 Å². The van der Waals surface area contributed by atoms with Crippen molar-refractivity contribution < 1.29 is 5.82 Å². The van der Waals surface area contributed by atoms with Gasteiger partial charge in [0, 0.05) is 7.97 Å². The van der Waals surface area contributed by atoms with Crippen molar-refractivity contribution in [2.75, 3.05) is 5.32 Å². The number of aromatic nitrogens is 2. The highest BCUT2D eigenvalue weighted by Crippen LogP contribution is 2.18. The van der Waals surface area contributed by atoms with Gasteiger partial charge in [0.05, 0.1) is 5.69 Å². The third-order valence-corrected chi connectivity index (χ3v) is 3.33. The Kier molecular flexibility index (Phi) is 6.96. The summed E-state index contributed by atoms with van der Waals surface area (Å²) in [5, 5.41) is 11.7. The first-order chi connectivity index (χ1) is 10.5. The molecule has 0 atom stereocenters. The number of rotatable bonds is 4. The van der Waals surface area contributed by atoms with E-state index in [9.17, 15) is 4.39 Å². The van der Waals surface area contributed by atoms with E-state index in [1.807, 2.05) is 33.8 Å². The number of nitrogens with one attached hydrogen (secondary N) is 1. The number of hydrogen-bond acceptors (Lipinski definition) is 3. The quantitative estimate of drug-likeness (QED) is 0.839. The summed E-state index contributed by atoms with van der Waals surface area (Å²) in [5.41, 5.74) is 4.14. The minimum atomic E-state index is -0.205. The zero-order valence-electron chi connectivity index (χ0n) is 14.4. The Hall–Kier alpha value is -1.97. The molecule has 4 heteroatoms. The van der Waals surface area contributed by atoms with Crippen LogP contribution in [-0.2, 0) is 6.54 Å². The Bertz CT molecular complexity index is 615. The molecule has 1 N–H and O–H groups in total. The molecular formula is C18H28FN3. The van der Waals surface area contributed by atoms with Crippen LogP contribution >= 0.6 is 0 Å². The molecule has 0 spiro atoms. The van der Waals surface area contributed by atoms with E-state index in [-0.39, 0.29) is 7.24 Å². The van der Waals surface area contributed by atoms with E-state index < -0.39 is 0 Å². The molecule has 0 fully saturated rings. The molecule has 2 rings (SSSR count). The van der Waals surface area contributed by atoms with Gasteiger partial charge in [-0.05, 0) is 54.7 Å². The number of halogens is 1. The molecule has 0 saturated heterocycles. The van der Waals surface area contributed by atoms with E-state index in [1.54, 1.807) is 6.07 Å². The summed E-state index contributed by atoms with van der Waals surface area (Å²) in [6, 6.07) is 6.81. The number of hydrogen-bond donors (Lipinski definition) is 1. The molecule has 122 valence electrons. The van der Waals surface area contributed by atoms with Crippen molar-refractivity contribution in [2.24, 2.45) is 0 Å². The fraction of sp³-hybridized carbons (Fsp3) is 0.444. The summed E-state index contributed by atoms with van der Waals surface area (Å²) in [6.07, 6.45) is 0. The molecule has 1 aromatic heterocycles. The summed E-state index contributed by atoms with van der Waals surface area (Å²) in [5.74, 6) is 0.912. The first kappa shape index (κ1) is 18.1. The van der Waals surface area contributed by atoms with Crippen LogP contribution in [0.4, 0.5) is 10.2 Å². The molecule has 0 bridgehead atoms. The van der Waals surface area contributed by atoms with E-state index in [4.69, 9.17) is 0 Å². The first-order valence-corrected chi connectivity index (χ1v) is 7.80. The Labute approximate surface area is 134 Å². The molecule has 2 aromatic rings. The first-order valence-electron chi connectivity index (χ1n) is 7.80. The minimum absolute atomic E-state index is 0. The van der Waals surface area contributed by atoms with Crippen LogP contribution in [0.15, 0.2) is 24.3 Å². The maximum atomic E-state index is 13.0. The van der Waals surface area contributed by atoms with Crippen LogP contribution in [0.2, 0.25) is 0 Å². The summed E-state index contributed by atoms with van der Waals surface area (Å²) in [4.78, 5) is 0. The van der Waals surface area contributed by atoms with E-state index in [0.717, 1.165) is 28.2 Å². The lowest BCUT2D eigenvalue weighted by Gasteiger charge is -2.11. The number of aryl methyl sites for hydroxylation is 2. The summed E-state index contributed by atoms with van der Waals surface area (Å²) >= 11 is 0. The van der Waals surface area contributed by atoms with E-state index in [0.29, 0.717) is 12.5 Å². The zero-order valence-corrected chi connectivity index (χ0v) is 14.4. The third-order valence-electron chi connectivity index (χ3n) is 3.33. The highest BCUT2D eigenvalue weighted by Gasteiger charge is 2.07. The number of benzene rings is 1. The van der Waals surface area contributed by atoms with Crippen LogP contribution in [0.5, 0.6) is 0 Å². The number of nitrogens with zero attached hydrogens (tertiary/aromatic N) is 2. The van der Waals surface area contributed by atoms with Crippen LogP contribution in [-0.4, -0.2) is 10.2 Å².